The molecule has 0 bridgehead atoms. The van der Waals surface area contributed by atoms with Crippen LogP contribution in [0.1, 0.15) is 115 Å². The zero-order valence-corrected chi connectivity index (χ0v) is 23.4. The maximum atomic E-state index is 12.0. The standard InChI is InChI=1S/C33H51NO3/c1-2-3-4-5-6-7-8-9-10-11-12-13-14-15-16-20-26-36-32-25-21-24-31(27-32)34-28-33(35)37-29-30-22-18-17-19-23-30/h17-19,21-25,27,34H,2-16,20,26,28-29H2,1H3. The lowest BCUT2D eigenvalue weighted by Gasteiger charge is -2.10. The van der Waals surface area contributed by atoms with Crippen LogP contribution in [0, 0.1) is 0 Å². The largest absolute Gasteiger partial charge is 0.494 e. The quantitative estimate of drug-likeness (QED) is 0.120. The van der Waals surface area contributed by atoms with Gasteiger partial charge < -0.3 is 14.8 Å². The van der Waals surface area contributed by atoms with Crippen LogP contribution >= 0.6 is 0 Å². The highest BCUT2D eigenvalue weighted by molar-refractivity contribution is 5.75. The molecule has 0 radical (unpaired) electrons. The Kier molecular flexibility index (Phi) is 17.9. The van der Waals surface area contributed by atoms with Crippen LogP contribution in [0.3, 0.4) is 0 Å². The minimum absolute atomic E-state index is 0.134. The van der Waals surface area contributed by atoms with Gasteiger partial charge in [0, 0.05) is 11.8 Å². The number of hydrogen-bond acceptors (Lipinski definition) is 4. The van der Waals surface area contributed by atoms with Gasteiger partial charge in [-0.25, -0.2) is 0 Å². The van der Waals surface area contributed by atoms with Gasteiger partial charge in [-0.3, -0.25) is 4.79 Å². The van der Waals surface area contributed by atoms with E-state index in [4.69, 9.17) is 9.47 Å². The first-order valence-corrected chi connectivity index (χ1v) is 14.9. The van der Waals surface area contributed by atoms with Gasteiger partial charge in [-0.05, 0) is 24.1 Å². The second-order valence-corrected chi connectivity index (χ2v) is 10.2. The Hall–Kier alpha value is -2.49. The first-order valence-electron chi connectivity index (χ1n) is 14.9. The lowest BCUT2D eigenvalue weighted by Crippen LogP contribution is -2.16. The summed E-state index contributed by atoms with van der Waals surface area (Å²) in [6.07, 6.45) is 21.9. The zero-order valence-electron chi connectivity index (χ0n) is 23.4. The summed E-state index contributed by atoms with van der Waals surface area (Å²) in [5.41, 5.74) is 1.85. The van der Waals surface area contributed by atoms with Gasteiger partial charge in [0.25, 0.3) is 0 Å². The van der Waals surface area contributed by atoms with E-state index < -0.39 is 0 Å². The van der Waals surface area contributed by atoms with E-state index in [2.05, 4.69) is 12.2 Å². The fourth-order valence-corrected chi connectivity index (χ4v) is 4.50. The van der Waals surface area contributed by atoms with Crippen LogP contribution in [0.5, 0.6) is 5.75 Å². The topological polar surface area (TPSA) is 47.6 Å². The van der Waals surface area contributed by atoms with Crippen molar-refractivity contribution in [2.24, 2.45) is 0 Å². The van der Waals surface area contributed by atoms with Crippen molar-refractivity contribution >= 4 is 11.7 Å². The van der Waals surface area contributed by atoms with Gasteiger partial charge in [0.05, 0.1) is 6.61 Å². The van der Waals surface area contributed by atoms with E-state index >= 15 is 0 Å². The Bertz CT molecular complexity index is 808. The molecule has 37 heavy (non-hydrogen) atoms. The average Bonchev–Trinajstić information content (AvgIpc) is 2.93. The molecule has 0 atom stereocenters. The number of rotatable bonds is 23. The number of anilines is 1. The van der Waals surface area contributed by atoms with Crippen LogP contribution in [0.2, 0.25) is 0 Å². The molecule has 0 saturated carbocycles. The minimum Gasteiger partial charge on any atom is -0.494 e. The molecule has 2 aromatic carbocycles. The summed E-state index contributed by atoms with van der Waals surface area (Å²) < 4.78 is 11.2. The van der Waals surface area contributed by atoms with E-state index in [9.17, 15) is 4.79 Å². The molecule has 2 rings (SSSR count). The molecule has 4 heteroatoms. The Morgan fingerprint density at radius 1 is 0.676 bits per heavy atom. The van der Waals surface area contributed by atoms with Crippen LogP contribution in [-0.4, -0.2) is 19.1 Å². The monoisotopic (exact) mass is 509 g/mol. The van der Waals surface area contributed by atoms with E-state index in [0.29, 0.717) is 6.61 Å². The molecule has 0 fully saturated rings. The molecule has 4 nitrogen and oxygen atoms in total. The molecule has 0 heterocycles. The number of carbonyl (C=O) groups is 1. The van der Waals surface area contributed by atoms with E-state index in [1.807, 2.05) is 54.6 Å². The number of ether oxygens (including phenoxy) is 2. The third-order valence-corrected chi connectivity index (χ3v) is 6.78. The molecular weight excluding hydrogens is 458 g/mol. The summed E-state index contributed by atoms with van der Waals surface area (Å²) in [6.45, 7) is 3.45. The molecule has 0 spiro atoms. The highest BCUT2D eigenvalue weighted by atomic mass is 16.5. The first kappa shape index (κ1) is 30.7. The number of carbonyl (C=O) groups excluding carboxylic acids is 1. The molecule has 0 aliphatic rings. The summed E-state index contributed by atoms with van der Waals surface area (Å²) in [5, 5.41) is 3.12. The summed E-state index contributed by atoms with van der Waals surface area (Å²) in [5.74, 6) is 0.562. The molecule has 0 amide bonds. The van der Waals surface area contributed by atoms with Gasteiger partial charge in [-0.2, -0.15) is 0 Å². The first-order chi connectivity index (χ1) is 18.3. The number of benzene rings is 2. The highest BCUT2D eigenvalue weighted by Crippen LogP contribution is 2.18. The van der Waals surface area contributed by atoms with Crippen LogP contribution in [0.15, 0.2) is 54.6 Å². The lowest BCUT2D eigenvalue weighted by molar-refractivity contribution is -0.142. The van der Waals surface area contributed by atoms with E-state index in [0.717, 1.165) is 30.0 Å². The predicted octanol–water partition coefficient (Wildman–Crippen LogP) is 9.48. The predicted molar refractivity (Wildman–Crippen MR) is 156 cm³/mol. The van der Waals surface area contributed by atoms with Crippen molar-refractivity contribution in [3.8, 4) is 5.75 Å². The minimum atomic E-state index is -0.275. The second-order valence-electron chi connectivity index (χ2n) is 10.2. The van der Waals surface area contributed by atoms with Gasteiger partial charge in [-0.1, -0.05) is 140 Å². The van der Waals surface area contributed by atoms with Gasteiger partial charge >= 0.3 is 5.97 Å². The van der Waals surface area contributed by atoms with Crippen molar-refractivity contribution in [1.29, 1.82) is 0 Å². The Balaban J connectivity index is 1.40. The number of hydrogen-bond donors (Lipinski definition) is 1. The molecule has 0 aliphatic carbocycles. The molecule has 0 unspecified atom stereocenters. The fourth-order valence-electron chi connectivity index (χ4n) is 4.50. The van der Waals surface area contributed by atoms with E-state index in [-0.39, 0.29) is 12.5 Å². The highest BCUT2D eigenvalue weighted by Gasteiger charge is 2.04. The summed E-state index contributed by atoms with van der Waals surface area (Å²) in [4.78, 5) is 12.0. The zero-order chi connectivity index (χ0) is 26.2. The van der Waals surface area contributed by atoms with Gasteiger partial charge in [0.1, 0.15) is 18.9 Å². The maximum Gasteiger partial charge on any atom is 0.325 e. The number of unbranched alkanes of at least 4 members (excludes halogenated alkanes) is 15. The SMILES string of the molecule is CCCCCCCCCCCCCCCCCCOc1cccc(NCC(=O)OCc2ccccc2)c1. The van der Waals surface area contributed by atoms with Crippen LogP contribution in [0.4, 0.5) is 5.69 Å². The summed E-state index contributed by atoms with van der Waals surface area (Å²) in [7, 11) is 0. The normalized spacial score (nSPS) is 10.8. The lowest BCUT2D eigenvalue weighted by atomic mass is 10.0. The molecule has 0 aromatic heterocycles. The summed E-state index contributed by atoms with van der Waals surface area (Å²) >= 11 is 0. The molecule has 206 valence electrons. The number of nitrogens with one attached hydrogen (secondary N) is 1. The number of esters is 1. The average molecular weight is 510 g/mol. The van der Waals surface area contributed by atoms with E-state index in [1.54, 1.807) is 0 Å². The van der Waals surface area contributed by atoms with Crippen molar-refractivity contribution in [2.45, 2.75) is 116 Å². The van der Waals surface area contributed by atoms with Crippen LogP contribution in [-0.2, 0) is 16.1 Å². The van der Waals surface area contributed by atoms with Crippen molar-refractivity contribution in [3.63, 3.8) is 0 Å². The van der Waals surface area contributed by atoms with E-state index in [1.165, 1.54) is 96.3 Å². The van der Waals surface area contributed by atoms with Gasteiger partial charge in [-0.15, -0.1) is 0 Å². The Morgan fingerprint density at radius 3 is 1.84 bits per heavy atom. The van der Waals surface area contributed by atoms with Crippen molar-refractivity contribution in [1.82, 2.24) is 0 Å². The van der Waals surface area contributed by atoms with Crippen LogP contribution in [0.25, 0.3) is 0 Å². The van der Waals surface area contributed by atoms with Crippen molar-refractivity contribution < 1.29 is 14.3 Å². The molecular formula is C33H51NO3. The Morgan fingerprint density at radius 2 is 1.24 bits per heavy atom. The summed E-state index contributed by atoms with van der Waals surface area (Å²) in [6, 6.07) is 17.5. The van der Waals surface area contributed by atoms with Gasteiger partial charge in [0.15, 0.2) is 0 Å². The van der Waals surface area contributed by atoms with Crippen molar-refractivity contribution in [3.05, 3.63) is 60.2 Å². The molecule has 0 saturated heterocycles. The molecule has 1 N–H and O–H groups in total. The third-order valence-electron chi connectivity index (χ3n) is 6.78. The van der Waals surface area contributed by atoms with Gasteiger partial charge in [0.2, 0.25) is 0 Å². The smallest absolute Gasteiger partial charge is 0.325 e. The van der Waals surface area contributed by atoms with Crippen LogP contribution < -0.4 is 10.1 Å². The fraction of sp³-hybridized carbons (Fsp3) is 0.606. The molecule has 0 aliphatic heterocycles. The Labute approximate surface area is 226 Å². The maximum absolute atomic E-state index is 12.0. The molecule has 2 aromatic rings. The second kappa shape index (κ2) is 21.6. The van der Waals surface area contributed by atoms with Crippen molar-refractivity contribution in [2.75, 3.05) is 18.5 Å². The third kappa shape index (κ3) is 16.8.